The van der Waals surface area contributed by atoms with E-state index in [2.05, 4.69) is 82.1 Å². The number of aldehydes is 1. The van der Waals surface area contributed by atoms with E-state index in [-0.39, 0.29) is 22.9 Å². The maximum atomic E-state index is 11.7. The molecule has 2 aliphatic rings. The van der Waals surface area contributed by atoms with Crippen molar-refractivity contribution in [3.05, 3.63) is 56.5 Å². The second-order valence-corrected chi connectivity index (χ2v) is 9.52. The van der Waals surface area contributed by atoms with Crippen LogP contribution in [0.2, 0.25) is 0 Å². The second-order valence-electron chi connectivity index (χ2n) is 7.69. The van der Waals surface area contributed by atoms with Crippen molar-refractivity contribution in [1.29, 1.82) is 0 Å². The Morgan fingerprint density at radius 3 is 2.15 bits per heavy atom. The van der Waals surface area contributed by atoms with Gasteiger partial charge in [-0.25, -0.2) is 0 Å². The van der Waals surface area contributed by atoms with Crippen LogP contribution in [-0.4, -0.2) is 18.0 Å². The van der Waals surface area contributed by atoms with Crippen LogP contribution in [0.25, 0.3) is 11.1 Å². The van der Waals surface area contributed by atoms with Crippen LogP contribution in [0, 0.1) is 5.41 Å². The zero-order valence-electron chi connectivity index (χ0n) is 15.0. The van der Waals surface area contributed by atoms with Crippen molar-refractivity contribution in [1.82, 2.24) is 0 Å². The van der Waals surface area contributed by atoms with E-state index in [1.807, 2.05) is 0 Å². The monoisotopic (exact) mass is 476 g/mol. The van der Waals surface area contributed by atoms with E-state index < -0.39 is 0 Å². The maximum Gasteiger partial charge on any atom is 0.120 e. The summed E-state index contributed by atoms with van der Waals surface area (Å²) in [6.45, 7) is 4.61. The number of hydrogen-bond acceptors (Lipinski definition) is 2. The van der Waals surface area contributed by atoms with Crippen molar-refractivity contribution in [2.45, 2.75) is 43.9 Å². The minimum absolute atomic E-state index is 0.0951. The normalized spacial score (nSPS) is 31.0. The topological polar surface area (TPSA) is 37.3 Å². The quantitative estimate of drug-likeness (QED) is 0.555. The summed E-state index contributed by atoms with van der Waals surface area (Å²) in [5.74, 6) is 0. The predicted octanol–water partition coefficient (Wildman–Crippen LogP) is 5.77. The highest BCUT2D eigenvalue weighted by atomic mass is 79.9. The fourth-order valence-electron chi connectivity index (χ4n) is 6.41. The molecule has 0 spiro atoms. The molecule has 26 heavy (non-hydrogen) atoms. The zero-order chi connectivity index (χ0) is 18.7. The van der Waals surface area contributed by atoms with Gasteiger partial charge < -0.3 is 9.90 Å². The predicted molar refractivity (Wildman–Crippen MR) is 111 cm³/mol. The number of hydrogen-bond donors (Lipinski definition) is 1. The summed E-state index contributed by atoms with van der Waals surface area (Å²) in [4.78, 5) is 11.7. The molecule has 136 valence electrons. The van der Waals surface area contributed by atoms with Gasteiger partial charge in [-0.15, -0.1) is 0 Å². The summed E-state index contributed by atoms with van der Waals surface area (Å²) in [5, 5.41) is 9.91. The zero-order valence-corrected chi connectivity index (χ0v) is 18.2. The molecule has 1 N–H and O–H groups in total. The molecule has 4 heteroatoms. The van der Waals surface area contributed by atoms with Crippen LogP contribution in [0.5, 0.6) is 0 Å². The number of benzene rings is 2. The average molecular weight is 478 g/mol. The van der Waals surface area contributed by atoms with Crippen molar-refractivity contribution in [3.8, 4) is 11.1 Å². The molecule has 3 atom stereocenters. The number of carbonyl (C=O) groups excluding carboxylic acids is 1. The van der Waals surface area contributed by atoms with E-state index in [0.717, 1.165) is 21.7 Å². The Morgan fingerprint density at radius 1 is 1.04 bits per heavy atom. The first-order valence-corrected chi connectivity index (χ1v) is 10.7. The Bertz CT molecular complexity index is 909. The first kappa shape index (κ1) is 18.4. The lowest BCUT2D eigenvalue weighted by molar-refractivity contribution is -0.109. The molecule has 0 saturated heterocycles. The highest BCUT2D eigenvalue weighted by Crippen LogP contribution is 2.85. The van der Waals surface area contributed by atoms with Crippen LogP contribution in [0.1, 0.15) is 44.2 Å². The molecule has 2 aromatic carbocycles. The van der Waals surface area contributed by atoms with Gasteiger partial charge in [0.2, 0.25) is 0 Å². The Hall–Kier alpha value is -0.970. The lowest BCUT2D eigenvalue weighted by atomic mass is 9.71. The van der Waals surface area contributed by atoms with Gasteiger partial charge in [-0.2, -0.15) is 0 Å². The molecule has 3 unspecified atom stereocenters. The summed E-state index contributed by atoms with van der Waals surface area (Å²) in [5.41, 5.74) is 4.52. The average Bonchev–Trinajstić information content (AvgIpc) is 3.10. The molecule has 4 rings (SSSR count). The summed E-state index contributed by atoms with van der Waals surface area (Å²) in [6, 6.07) is 13.0. The molecule has 0 aliphatic heterocycles. The van der Waals surface area contributed by atoms with Crippen molar-refractivity contribution < 1.29 is 9.90 Å². The SMILES string of the molecule is CCC12c3cc(Br)ccc3-c3ccc(Br)cc3C1(C)C2(CC=O)CCO. The number of halogens is 2. The van der Waals surface area contributed by atoms with Crippen LogP contribution < -0.4 is 0 Å². The highest BCUT2D eigenvalue weighted by molar-refractivity contribution is 9.10. The van der Waals surface area contributed by atoms with E-state index in [1.165, 1.54) is 22.3 Å². The van der Waals surface area contributed by atoms with Gasteiger partial charge in [0.1, 0.15) is 6.29 Å². The summed E-state index contributed by atoms with van der Waals surface area (Å²) in [6.07, 6.45) is 3.09. The molecular formula is C22H22Br2O2. The molecule has 1 saturated carbocycles. The van der Waals surface area contributed by atoms with Gasteiger partial charge in [0.05, 0.1) is 0 Å². The van der Waals surface area contributed by atoms with Gasteiger partial charge in [0, 0.05) is 32.8 Å². The first-order chi connectivity index (χ1) is 12.4. The molecule has 0 aromatic heterocycles. The number of aliphatic hydroxyl groups is 1. The second kappa shape index (κ2) is 6.02. The standard InChI is InChI=1S/C22H22Br2O2/c1-3-22-19-13-15(24)5-7-17(19)16-6-4-14(23)12-18(16)20(22,2)21(22,8-10-25)9-11-26/h4-7,10,12-13,26H,3,8-9,11H2,1-2H3. The van der Waals surface area contributed by atoms with Crippen molar-refractivity contribution in [3.63, 3.8) is 0 Å². The summed E-state index contributed by atoms with van der Waals surface area (Å²) < 4.78 is 2.11. The van der Waals surface area contributed by atoms with Crippen LogP contribution >= 0.6 is 31.9 Å². The molecule has 2 aliphatic carbocycles. The number of aliphatic hydroxyl groups excluding tert-OH is 1. The van der Waals surface area contributed by atoms with Crippen molar-refractivity contribution >= 4 is 38.1 Å². The summed E-state index contributed by atoms with van der Waals surface area (Å²) in [7, 11) is 0. The molecule has 2 aromatic rings. The lowest BCUT2D eigenvalue weighted by Crippen LogP contribution is -2.24. The third kappa shape index (κ3) is 1.88. The van der Waals surface area contributed by atoms with Crippen molar-refractivity contribution in [2.24, 2.45) is 5.41 Å². The van der Waals surface area contributed by atoms with Gasteiger partial charge in [-0.05, 0) is 64.8 Å². The van der Waals surface area contributed by atoms with E-state index >= 15 is 0 Å². The Kier molecular flexibility index (Phi) is 4.26. The third-order valence-corrected chi connectivity index (χ3v) is 8.30. The van der Waals surface area contributed by atoms with Crippen LogP contribution in [0.15, 0.2) is 45.3 Å². The number of carbonyl (C=O) groups is 1. The molecule has 0 radical (unpaired) electrons. The fraction of sp³-hybridized carbons (Fsp3) is 0.409. The van der Waals surface area contributed by atoms with Crippen LogP contribution in [0.3, 0.4) is 0 Å². The first-order valence-electron chi connectivity index (χ1n) is 9.08. The Balaban J connectivity index is 2.13. The van der Waals surface area contributed by atoms with Gasteiger partial charge in [-0.3, -0.25) is 0 Å². The van der Waals surface area contributed by atoms with E-state index in [9.17, 15) is 9.90 Å². The number of fused-ring (bicyclic) bond motifs is 6. The fourth-order valence-corrected chi connectivity index (χ4v) is 7.13. The summed E-state index contributed by atoms with van der Waals surface area (Å²) >= 11 is 7.29. The Labute approximate surface area is 171 Å². The molecular weight excluding hydrogens is 456 g/mol. The van der Waals surface area contributed by atoms with E-state index in [0.29, 0.717) is 12.8 Å². The smallest absolute Gasteiger partial charge is 0.120 e. The minimum atomic E-state index is -0.257. The van der Waals surface area contributed by atoms with Gasteiger partial charge >= 0.3 is 0 Å². The highest BCUT2D eigenvalue weighted by Gasteiger charge is 2.84. The minimum Gasteiger partial charge on any atom is -0.396 e. The van der Waals surface area contributed by atoms with Gasteiger partial charge in [0.25, 0.3) is 0 Å². The van der Waals surface area contributed by atoms with Crippen LogP contribution in [0.4, 0.5) is 0 Å². The molecule has 1 fully saturated rings. The lowest BCUT2D eigenvalue weighted by Gasteiger charge is -2.32. The van der Waals surface area contributed by atoms with Crippen molar-refractivity contribution in [2.75, 3.05) is 6.61 Å². The van der Waals surface area contributed by atoms with Crippen LogP contribution in [-0.2, 0) is 15.6 Å². The molecule has 0 heterocycles. The number of rotatable bonds is 5. The Morgan fingerprint density at radius 2 is 1.62 bits per heavy atom. The largest absolute Gasteiger partial charge is 0.396 e. The maximum absolute atomic E-state index is 11.7. The molecule has 2 nitrogen and oxygen atoms in total. The van der Waals surface area contributed by atoms with E-state index in [1.54, 1.807) is 0 Å². The third-order valence-electron chi connectivity index (χ3n) is 7.32. The molecule has 0 bridgehead atoms. The van der Waals surface area contributed by atoms with Gasteiger partial charge in [0.15, 0.2) is 0 Å². The van der Waals surface area contributed by atoms with Gasteiger partial charge in [-0.1, -0.05) is 57.8 Å². The van der Waals surface area contributed by atoms with E-state index in [4.69, 9.17) is 0 Å². The molecule has 0 amide bonds.